The smallest absolute Gasteiger partial charge is 0.219 e. The van der Waals surface area contributed by atoms with Crippen molar-refractivity contribution in [3.05, 3.63) is 17.0 Å². The van der Waals surface area contributed by atoms with E-state index in [1.807, 2.05) is 6.92 Å². The summed E-state index contributed by atoms with van der Waals surface area (Å²) in [6.45, 7) is 5.46. The Morgan fingerprint density at radius 3 is 2.75 bits per heavy atom. The van der Waals surface area contributed by atoms with E-state index < -0.39 is 10.0 Å². The molecule has 1 aromatic rings. The number of sulfonamides is 1. The zero-order valence-corrected chi connectivity index (χ0v) is 14.9. The Hall–Kier alpha value is -0.960. The minimum atomic E-state index is -3.25. The monoisotopic (exact) mass is 354 g/mol. The van der Waals surface area contributed by atoms with Gasteiger partial charge < -0.3 is 10.1 Å². The van der Waals surface area contributed by atoms with Gasteiger partial charge >= 0.3 is 0 Å². The molecule has 8 heteroatoms. The van der Waals surface area contributed by atoms with Gasteiger partial charge in [0.1, 0.15) is 5.25 Å². The molecule has 4 heterocycles. The summed E-state index contributed by atoms with van der Waals surface area (Å²) >= 11 is 0. The van der Waals surface area contributed by atoms with E-state index in [0.717, 1.165) is 38.0 Å². The minimum Gasteiger partial charge on any atom is -0.377 e. The first-order valence-corrected chi connectivity index (χ1v) is 10.4. The van der Waals surface area contributed by atoms with Gasteiger partial charge in [-0.15, -0.1) is 0 Å². The molecule has 2 atom stereocenters. The number of hydrogen-bond donors (Lipinski definition) is 2. The van der Waals surface area contributed by atoms with Gasteiger partial charge in [-0.05, 0) is 26.2 Å². The van der Waals surface area contributed by atoms with Crippen LogP contribution >= 0.6 is 0 Å². The average Bonchev–Trinajstić information content (AvgIpc) is 3.21. The van der Waals surface area contributed by atoms with Crippen molar-refractivity contribution in [1.82, 2.24) is 19.8 Å². The van der Waals surface area contributed by atoms with Gasteiger partial charge in [0.25, 0.3) is 0 Å². The van der Waals surface area contributed by atoms with Gasteiger partial charge in [-0.2, -0.15) is 5.10 Å². The van der Waals surface area contributed by atoms with Crippen molar-refractivity contribution in [3.63, 3.8) is 0 Å². The topological polar surface area (TPSA) is 87.3 Å². The Balaban J connectivity index is 1.44. The third kappa shape index (κ3) is 2.79. The highest BCUT2D eigenvalue weighted by atomic mass is 32.2. The summed E-state index contributed by atoms with van der Waals surface area (Å²) in [4.78, 5) is 0. The lowest BCUT2D eigenvalue weighted by molar-refractivity contribution is 0.125. The van der Waals surface area contributed by atoms with Gasteiger partial charge in [0, 0.05) is 56.4 Å². The summed E-state index contributed by atoms with van der Waals surface area (Å²) in [7, 11) is -3.25. The van der Waals surface area contributed by atoms with Crippen molar-refractivity contribution in [2.75, 3.05) is 26.2 Å². The lowest BCUT2D eigenvalue weighted by Gasteiger charge is -2.33. The van der Waals surface area contributed by atoms with Crippen molar-refractivity contribution < 1.29 is 13.2 Å². The van der Waals surface area contributed by atoms with Crippen LogP contribution in [0.5, 0.6) is 0 Å². The first-order chi connectivity index (χ1) is 11.6. The first kappa shape index (κ1) is 16.5. The molecule has 4 rings (SSSR count). The molecule has 134 valence electrons. The Morgan fingerprint density at radius 2 is 2.04 bits per heavy atom. The molecule has 2 unspecified atom stereocenters. The molecule has 24 heavy (non-hydrogen) atoms. The molecule has 0 aromatic carbocycles. The third-order valence-corrected chi connectivity index (χ3v) is 8.20. The Labute approximate surface area is 143 Å². The number of rotatable bonds is 3. The molecule has 3 aliphatic heterocycles. The zero-order valence-electron chi connectivity index (χ0n) is 14.1. The highest BCUT2D eigenvalue weighted by Gasteiger charge is 2.41. The van der Waals surface area contributed by atoms with E-state index in [1.54, 1.807) is 4.31 Å². The van der Waals surface area contributed by atoms with Crippen molar-refractivity contribution >= 4 is 10.0 Å². The van der Waals surface area contributed by atoms with E-state index in [1.165, 1.54) is 11.3 Å². The standard InChI is InChI=1S/C16H26N4O3S/c1-11-15(5-9-23-11)24(21,22)20-7-3-12(4-8-20)16-13-10-17-6-2-14(13)18-19-16/h11-12,15,17H,2-10H2,1H3,(H,18,19). The van der Waals surface area contributed by atoms with Gasteiger partial charge in [-0.3, -0.25) is 5.10 Å². The van der Waals surface area contributed by atoms with Crippen LogP contribution in [0.4, 0.5) is 0 Å². The molecule has 0 spiro atoms. The van der Waals surface area contributed by atoms with Crippen molar-refractivity contribution in [3.8, 4) is 0 Å². The molecular weight excluding hydrogens is 328 g/mol. The van der Waals surface area contributed by atoms with E-state index in [0.29, 0.717) is 32.0 Å². The Morgan fingerprint density at radius 1 is 1.25 bits per heavy atom. The molecule has 1 aromatic heterocycles. The van der Waals surface area contributed by atoms with Crippen LogP contribution in [0.15, 0.2) is 0 Å². The van der Waals surface area contributed by atoms with E-state index in [-0.39, 0.29) is 11.4 Å². The Bertz CT molecular complexity index is 694. The summed E-state index contributed by atoms with van der Waals surface area (Å²) in [5.74, 6) is 0.355. The lowest BCUT2D eigenvalue weighted by atomic mass is 9.90. The highest BCUT2D eigenvalue weighted by Crippen LogP contribution is 2.34. The van der Waals surface area contributed by atoms with Crippen LogP contribution in [0, 0.1) is 0 Å². The fourth-order valence-electron chi connectivity index (χ4n) is 4.26. The third-order valence-electron chi connectivity index (χ3n) is 5.73. The predicted molar refractivity (Wildman–Crippen MR) is 90.3 cm³/mol. The number of aromatic amines is 1. The number of nitrogens with one attached hydrogen (secondary N) is 2. The fourth-order valence-corrected chi connectivity index (χ4v) is 6.32. The predicted octanol–water partition coefficient (Wildman–Crippen LogP) is 0.742. The summed E-state index contributed by atoms with van der Waals surface area (Å²) in [6, 6.07) is 0. The number of H-pyrrole nitrogens is 1. The van der Waals surface area contributed by atoms with Crippen LogP contribution in [0.25, 0.3) is 0 Å². The quantitative estimate of drug-likeness (QED) is 0.836. The maximum absolute atomic E-state index is 12.8. The minimum absolute atomic E-state index is 0.197. The van der Waals surface area contributed by atoms with Crippen LogP contribution in [0.2, 0.25) is 0 Å². The molecule has 0 amide bonds. The fraction of sp³-hybridized carbons (Fsp3) is 0.812. The highest BCUT2D eigenvalue weighted by molar-refractivity contribution is 7.89. The average molecular weight is 354 g/mol. The lowest BCUT2D eigenvalue weighted by Crippen LogP contribution is -2.45. The maximum Gasteiger partial charge on any atom is 0.219 e. The Kier molecular flexibility index (Phi) is 4.40. The maximum atomic E-state index is 12.8. The van der Waals surface area contributed by atoms with Crippen LogP contribution in [-0.2, 0) is 27.7 Å². The summed E-state index contributed by atoms with van der Waals surface area (Å²) in [6.07, 6.45) is 3.10. The van der Waals surface area contributed by atoms with Crippen molar-refractivity contribution in [1.29, 1.82) is 0 Å². The second kappa shape index (κ2) is 6.40. The molecule has 0 radical (unpaired) electrons. The van der Waals surface area contributed by atoms with Crippen LogP contribution in [-0.4, -0.2) is 60.5 Å². The molecule has 3 aliphatic rings. The molecule has 2 fully saturated rings. The molecule has 0 aliphatic carbocycles. The first-order valence-electron chi connectivity index (χ1n) is 8.94. The molecule has 0 saturated carbocycles. The van der Waals surface area contributed by atoms with Crippen LogP contribution in [0.3, 0.4) is 0 Å². The van der Waals surface area contributed by atoms with Gasteiger partial charge in [0.2, 0.25) is 10.0 Å². The van der Waals surface area contributed by atoms with Crippen molar-refractivity contribution in [2.45, 2.75) is 56.4 Å². The molecular formula is C16H26N4O3S. The number of aromatic nitrogens is 2. The number of hydrogen-bond acceptors (Lipinski definition) is 5. The van der Waals surface area contributed by atoms with Crippen LogP contribution in [0.1, 0.15) is 49.1 Å². The summed E-state index contributed by atoms with van der Waals surface area (Å²) in [5, 5.41) is 10.7. The SMILES string of the molecule is CC1OCCC1S(=O)(=O)N1CCC(c2n[nH]c3c2CNCC3)CC1. The van der Waals surface area contributed by atoms with Crippen LogP contribution < -0.4 is 5.32 Å². The van der Waals surface area contributed by atoms with Gasteiger partial charge in [-0.1, -0.05) is 0 Å². The molecule has 0 bridgehead atoms. The van der Waals surface area contributed by atoms with Gasteiger partial charge in [0.05, 0.1) is 11.8 Å². The van der Waals surface area contributed by atoms with E-state index in [9.17, 15) is 8.42 Å². The second-order valence-corrected chi connectivity index (χ2v) is 9.27. The van der Waals surface area contributed by atoms with E-state index in [4.69, 9.17) is 4.74 Å². The van der Waals surface area contributed by atoms with E-state index >= 15 is 0 Å². The number of nitrogens with zero attached hydrogens (tertiary/aromatic N) is 2. The van der Waals surface area contributed by atoms with Gasteiger partial charge in [-0.25, -0.2) is 12.7 Å². The number of piperidine rings is 1. The molecule has 2 saturated heterocycles. The normalized spacial score (nSPS) is 29.7. The largest absolute Gasteiger partial charge is 0.377 e. The molecule has 7 nitrogen and oxygen atoms in total. The second-order valence-electron chi connectivity index (χ2n) is 7.11. The van der Waals surface area contributed by atoms with E-state index in [2.05, 4.69) is 15.5 Å². The zero-order chi connectivity index (χ0) is 16.7. The summed E-state index contributed by atoms with van der Waals surface area (Å²) in [5.41, 5.74) is 3.70. The summed E-state index contributed by atoms with van der Waals surface area (Å²) < 4.78 is 32.8. The van der Waals surface area contributed by atoms with Crippen molar-refractivity contribution in [2.24, 2.45) is 0 Å². The molecule has 2 N–H and O–H groups in total. The van der Waals surface area contributed by atoms with Gasteiger partial charge in [0.15, 0.2) is 0 Å². The number of ether oxygens (including phenoxy) is 1. The number of fused-ring (bicyclic) bond motifs is 1.